The van der Waals surface area contributed by atoms with Crippen LogP contribution in [0.1, 0.15) is 35.4 Å². The van der Waals surface area contributed by atoms with Crippen molar-refractivity contribution in [3.63, 3.8) is 0 Å². The lowest BCUT2D eigenvalue weighted by Crippen LogP contribution is -2.01. The molecule has 31 heavy (non-hydrogen) atoms. The largest absolute Gasteiger partial charge is 0.466 e. The molecule has 0 saturated carbocycles. The fourth-order valence-electron chi connectivity index (χ4n) is 3.79. The summed E-state index contributed by atoms with van der Waals surface area (Å²) in [5, 5.41) is 0. The number of benzene rings is 2. The van der Waals surface area contributed by atoms with E-state index in [4.69, 9.17) is 14.4 Å². The summed E-state index contributed by atoms with van der Waals surface area (Å²) in [4.78, 5) is 9.75. The molecule has 0 aliphatic heterocycles. The SMILES string of the molecule is CCc1ccc(Cc2cn3cc(-c4ccccc4)nc(Cc4cccc(F)c4)c3n2)o1. The quantitative estimate of drug-likeness (QED) is 0.351. The lowest BCUT2D eigenvalue weighted by molar-refractivity contribution is 0.477. The van der Waals surface area contributed by atoms with Crippen molar-refractivity contribution in [2.24, 2.45) is 0 Å². The third kappa shape index (κ3) is 4.12. The molecular weight excluding hydrogens is 389 g/mol. The van der Waals surface area contributed by atoms with E-state index >= 15 is 0 Å². The molecule has 0 saturated heterocycles. The predicted molar refractivity (Wildman–Crippen MR) is 119 cm³/mol. The van der Waals surface area contributed by atoms with Gasteiger partial charge in [0.15, 0.2) is 5.65 Å². The zero-order valence-corrected chi connectivity index (χ0v) is 17.3. The number of nitrogens with zero attached hydrogens (tertiary/aromatic N) is 3. The van der Waals surface area contributed by atoms with Crippen molar-refractivity contribution in [1.82, 2.24) is 14.4 Å². The van der Waals surface area contributed by atoms with Gasteiger partial charge in [0.05, 0.1) is 17.1 Å². The van der Waals surface area contributed by atoms with Gasteiger partial charge in [0.1, 0.15) is 17.3 Å². The summed E-state index contributed by atoms with van der Waals surface area (Å²) in [5.74, 6) is 1.61. The highest BCUT2D eigenvalue weighted by Crippen LogP contribution is 2.23. The van der Waals surface area contributed by atoms with Crippen LogP contribution in [-0.4, -0.2) is 14.4 Å². The molecule has 0 bridgehead atoms. The van der Waals surface area contributed by atoms with Crippen LogP contribution in [0.25, 0.3) is 16.9 Å². The van der Waals surface area contributed by atoms with Crippen LogP contribution in [0, 0.1) is 5.82 Å². The molecule has 5 heteroatoms. The van der Waals surface area contributed by atoms with E-state index in [1.54, 1.807) is 12.1 Å². The minimum Gasteiger partial charge on any atom is -0.466 e. The number of rotatable bonds is 6. The highest BCUT2D eigenvalue weighted by Gasteiger charge is 2.14. The Bertz CT molecular complexity index is 1340. The van der Waals surface area contributed by atoms with Gasteiger partial charge in [-0.25, -0.2) is 14.4 Å². The molecule has 0 atom stereocenters. The molecule has 3 heterocycles. The second kappa shape index (κ2) is 8.19. The second-order valence-electron chi connectivity index (χ2n) is 7.61. The van der Waals surface area contributed by atoms with Crippen LogP contribution in [-0.2, 0) is 19.3 Å². The van der Waals surface area contributed by atoms with E-state index in [1.165, 1.54) is 6.07 Å². The third-order valence-corrected chi connectivity index (χ3v) is 5.31. The van der Waals surface area contributed by atoms with Crippen molar-refractivity contribution in [2.45, 2.75) is 26.2 Å². The van der Waals surface area contributed by atoms with Gasteiger partial charge in [-0.2, -0.15) is 0 Å². The van der Waals surface area contributed by atoms with Crippen LogP contribution in [0.15, 0.2) is 83.5 Å². The minimum atomic E-state index is -0.249. The average molecular weight is 411 g/mol. The number of aryl methyl sites for hydroxylation is 1. The van der Waals surface area contributed by atoms with Crippen LogP contribution in [0.2, 0.25) is 0 Å². The molecule has 5 aromatic rings. The van der Waals surface area contributed by atoms with E-state index < -0.39 is 0 Å². The second-order valence-corrected chi connectivity index (χ2v) is 7.61. The molecule has 3 aromatic heterocycles. The third-order valence-electron chi connectivity index (χ3n) is 5.31. The summed E-state index contributed by atoms with van der Waals surface area (Å²) in [5.41, 5.74) is 5.24. The Balaban J connectivity index is 1.58. The summed E-state index contributed by atoms with van der Waals surface area (Å²) in [6, 6.07) is 20.7. The number of furan rings is 1. The highest BCUT2D eigenvalue weighted by molar-refractivity contribution is 5.61. The number of hydrogen-bond acceptors (Lipinski definition) is 3. The van der Waals surface area contributed by atoms with Crippen molar-refractivity contribution in [3.05, 3.63) is 113 Å². The molecular formula is C26H22FN3O. The molecule has 0 unspecified atom stereocenters. The molecule has 0 radical (unpaired) electrons. The van der Waals surface area contributed by atoms with Gasteiger partial charge in [0.2, 0.25) is 0 Å². The number of aromatic nitrogens is 3. The maximum atomic E-state index is 13.8. The van der Waals surface area contributed by atoms with E-state index in [-0.39, 0.29) is 5.82 Å². The van der Waals surface area contributed by atoms with Crippen LogP contribution in [0.5, 0.6) is 0 Å². The molecule has 0 spiro atoms. The fourth-order valence-corrected chi connectivity index (χ4v) is 3.79. The van der Waals surface area contributed by atoms with E-state index in [2.05, 4.69) is 6.92 Å². The number of imidazole rings is 1. The van der Waals surface area contributed by atoms with Crippen molar-refractivity contribution in [3.8, 4) is 11.3 Å². The van der Waals surface area contributed by atoms with Gasteiger partial charge in [-0.05, 0) is 29.8 Å². The Morgan fingerprint density at radius 2 is 1.71 bits per heavy atom. The van der Waals surface area contributed by atoms with Gasteiger partial charge in [0.25, 0.3) is 0 Å². The van der Waals surface area contributed by atoms with Crippen molar-refractivity contribution in [2.75, 3.05) is 0 Å². The monoisotopic (exact) mass is 411 g/mol. The molecule has 0 aliphatic rings. The van der Waals surface area contributed by atoms with Gasteiger partial charge in [-0.15, -0.1) is 0 Å². The van der Waals surface area contributed by atoms with Gasteiger partial charge >= 0.3 is 0 Å². The van der Waals surface area contributed by atoms with Crippen LogP contribution in [0.3, 0.4) is 0 Å². The summed E-state index contributed by atoms with van der Waals surface area (Å²) < 4.78 is 21.6. The molecule has 0 amide bonds. The summed E-state index contributed by atoms with van der Waals surface area (Å²) in [6.45, 7) is 2.07. The van der Waals surface area contributed by atoms with Gasteiger partial charge in [0, 0.05) is 37.2 Å². The number of halogens is 1. The zero-order valence-electron chi connectivity index (χ0n) is 17.3. The Morgan fingerprint density at radius 3 is 2.48 bits per heavy atom. The maximum Gasteiger partial charge on any atom is 0.159 e. The van der Waals surface area contributed by atoms with Crippen molar-refractivity contribution < 1.29 is 8.81 Å². The Hall–Kier alpha value is -3.73. The topological polar surface area (TPSA) is 43.3 Å². The number of hydrogen-bond donors (Lipinski definition) is 0. The predicted octanol–water partition coefficient (Wildman–Crippen LogP) is 5.87. The first kappa shape index (κ1) is 19.2. The first-order valence-corrected chi connectivity index (χ1v) is 10.4. The molecule has 4 nitrogen and oxygen atoms in total. The Labute approximate surface area is 180 Å². The molecule has 5 rings (SSSR count). The smallest absolute Gasteiger partial charge is 0.159 e. The summed E-state index contributed by atoms with van der Waals surface area (Å²) >= 11 is 0. The number of fused-ring (bicyclic) bond motifs is 1. The van der Waals surface area contributed by atoms with Crippen LogP contribution < -0.4 is 0 Å². The van der Waals surface area contributed by atoms with Crippen LogP contribution in [0.4, 0.5) is 4.39 Å². The van der Waals surface area contributed by atoms with E-state index in [9.17, 15) is 4.39 Å². The lowest BCUT2D eigenvalue weighted by atomic mass is 10.1. The van der Waals surface area contributed by atoms with Gasteiger partial charge in [-0.3, -0.25) is 0 Å². The highest BCUT2D eigenvalue weighted by atomic mass is 19.1. The molecule has 154 valence electrons. The minimum absolute atomic E-state index is 0.249. The van der Waals surface area contributed by atoms with E-state index in [0.29, 0.717) is 12.8 Å². The molecule has 0 fully saturated rings. The normalized spacial score (nSPS) is 11.3. The van der Waals surface area contributed by atoms with Crippen molar-refractivity contribution >= 4 is 5.65 Å². The molecule has 2 aromatic carbocycles. The first-order valence-electron chi connectivity index (χ1n) is 10.4. The van der Waals surface area contributed by atoms with Gasteiger partial charge in [-0.1, -0.05) is 49.4 Å². The Kier molecular flexibility index (Phi) is 5.08. The van der Waals surface area contributed by atoms with Crippen LogP contribution >= 0.6 is 0 Å². The van der Waals surface area contributed by atoms with Crippen molar-refractivity contribution in [1.29, 1.82) is 0 Å². The zero-order chi connectivity index (χ0) is 21.2. The lowest BCUT2D eigenvalue weighted by Gasteiger charge is -2.08. The summed E-state index contributed by atoms with van der Waals surface area (Å²) in [7, 11) is 0. The fraction of sp³-hybridized carbons (Fsp3) is 0.154. The maximum absolute atomic E-state index is 13.8. The molecule has 0 N–H and O–H groups in total. The van der Waals surface area contributed by atoms with Gasteiger partial charge < -0.3 is 8.82 Å². The first-order chi connectivity index (χ1) is 15.2. The average Bonchev–Trinajstić information content (AvgIpc) is 3.41. The molecule has 0 aliphatic carbocycles. The Morgan fingerprint density at radius 1 is 0.871 bits per heavy atom. The van der Waals surface area contributed by atoms with E-state index in [1.807, 2.05) is 65.3 Å². The van der Waals surface area contributed by atoms with E-state index in [0.717, 1.165) is 51.8 Å². The standard InChI is InChI=1S/C26H22FN3O/c1-2-22-11-12-23(31-22)15-21-16-30-17-25(19-8-4-3-5-9-19)29-24(26(30)28-21)14-18-7-6-10-20(27)13-18/h3-13,16-17H,2,14-15H2,1H3. The summed E-state index contributed by atoms with van der Waals surface area (Å²) in [6.07, 6.45) is 6.00.